The number of rotatable bonds is 14. The van der Waals surface area contributed by atoms with Crippen molar-refractivity contribution >= 4 is 28.4 Å². The van der Waals surface area contributed by atoms with Gasteiger partial charge in [0.25, 0.3) is 0 Å². The van der Waals surface area contributed by atoms with Crippen LogP contribution in [0.15, 0.2) is 146 Å². The fourth-order valence-corrected chi connectivity index (χ4v) is 8.11. The standard InChI is InChI=1S/C43H42N2O8P2/c1-46-38-28-26-36-40(42(38)44-54(50-32-18-8-3-9-19-32)51-33-20-10-4-11-21-33)41-37(49-31-17-7-16-30-48-36)27-29-39(47-2)43(41)45-55(52-34-22-12-5-13-23-34)53-35-24-14-6-15-25-35/h3-6,8-15,18-29,44-45H,7,16-17,30-31H2,1-2H3. The van der Waals surface area contributed by atoms with Gasteiger partial charge in [-0.1, -0.05) is 72.8 Å². The molecule has 0 atom stereocenters. The first-order valence-corrected chi connectivity index (χ1v) is 20.3. The van der Waals surface area contributed by atoms with Gasteiger partial charge in [-0.3, -0.25) is 10.2 Å². The number of nitrogens with one attached hydrogen (secondary N) is 2. The van der Waals surface area contributed by atoms with Gasteiger partial charge in [-0.05, 0) is 92.1 Å². The second-order valence-electron chi connectivity index (χ2n) is 12.1. The maximum absolute atomic E-state index is 6.61. The number of hydrogen-bond acceptors (Lipinski definition) is 10. The molecular formula is C43H42N2O8P2. The highest BCUT2D eigenvalue weighted by molar-refractivity contribution is 7.50. The van der Waals surface area contributed by atoms with Gasteiger partial charge in [-0.25, -0.2) is 0 Å². The Bertz CT molecular complexity index is 1860. The molecule has 0 unspecified atom stereocenters. The second kappa shape index (κ2) is 19.0. The lowest BCUT2D eigenvalue weighted by molar-refractivity contribution is 0.284. The van der Waals surface area contributed by atoms with Crippen molar-refractivity contribution in [1.82, 2.24) is 0 Å². The van der Waals surface area contributed by atoms with Crippen LogP contribution in [0, 0.1) is 0 Å². The number of fused-ring (bicyclic) bond motifs is 3. The van der Waals surface area contributed by atoms with E-state index in [2.05, 4.69) is 10.2 Å². The summed E-state index contributed by atoms with van der Waals surface area (Å²) >= 11 is 0. The zero-order valence-corrected chi connectivity index (χ0v) is 32.3. The third kappa shape index (κ3) is 9.84. The van der Waals surface area contributed by atoms with Crippen molar-refractivity contribution in [3.8, 4) is 57.1 Å². The second-order valence-corrected chi connectivity index (χ2v) is 14.4. The largest absolute Gasteiger partial charge is 0.495 e. The zero-order chi connectivity index (χ0) is 37.7. The van der Waals surface area contributed by atoms with Crippen LogP contribution >= 0.6 is 17.1 Å². The SMILES string of the molecule is COc1ccc2c(c1NP(Oc1ccccc1)Oc1ccccc1)-c1c(ccc(OC)c1NP(Oc1ccccc1)Oc1ccccc1)OCCCCCO2. The van der Waals surface area contributed by atoms with Crippen LogP contribution in [0.3, 0.4) is 0 Å². The highest BCUT2D eigenvalue weighted by atomic mass is 31.2. The van der Waals surface area contributed by atoms with E-state index in [0.717, 1.165) is 19.3 Å². The molecule has 10 nitrogen and oxygen atoms in total. The van der Waals surface area contributed by atoms with Crippen LogP contribution in [-0.4, -0.2) is 27.4 Å². The average molecular weight is 777 g/mol. The van der Waals surface area contributed by atoms with Crippen molar-refractivity contribution in [3.63, 3.8) is 0 Å². The first-order chi connectivity index (χ1) is 27.2. The quantitative estimate of drug-likeness (QED) is 0.104. The Balaban J connectivity index is 1.40. The minimum Gasteiger partial charge on any atom is -0.495 e. The highest BCUT2D eigenvalue weighted by Crippen LogP contribution is 2.57. The molecule has 6 aromatic rings. The molecule has 2 N–H and O–H groups in total. The van der Waals surface area contributed by atoms with Crippen molar-refractivity contribution in [2.24, 2.45) is 0 Å². The van der Waals surface area contributed by atoms with E-state index in [-0.39, 0.29) is 0 Å². The van der Waals surface area contributed by atoms with Gasteiger partial charge in [-0.2, -0.15) is 0 Å². The molecule has 0 amide bonds. The number of hydrogen-bond donors (Lipinski definition) is 2. The van der Waals surface area contributed by atoms with Crippen LogP contribution in [0.2, 0.25) is 0 Å². The predicted octanol–water partition coefficient (Wildman–Crippen LogP) is 11.9. The molecule has 0 bridgehead atoms. The Hall–Kier alpha value is -5.82. The molecule has 0 saturated carbocycles. The lowest BCUT2D eigenvalue weighted by atomic mass is 9.98. The molecular weight excluding hydrogens is 734 g/mol. The minimum atomic E-state index is -1.88. The third-order valence-corrected chi connectivity index (χ3v) is 10.7. The van der Waals surface area contributed by atoms with Crippen LogP contribution in [0.1, 0.15) is 19.3 Å². The van der Waals surface area contributed by atoms with Gasteiger partial charge in [0, 0.05) is 0 Å². The molecule has 0 fully saturated rings. The van der Waals surface area contributed by atoms with E-state index >= 15 is 0 Å². The van der Waals surface area contributed by atoms with E-state index in [1.54, 1.807) is 14.2 Å². The molecule has 1 aliphatic rings. The third-order valence-electron chi connectivity index (χ3n) is 8.38. The van der Waals surface area contributed by atoms with Crippen LogP contribution in [0.5, 0.6) is 46.0 Å². The summed E-state index contributed by atoms with van der Waals surface area (Å²) in [5, 5.41) is 7.19. The van der Waals surface area contributed by atoms with Gasteiger partial charge in [-0.15, -0.1) is 0 Å². The summed E-state index contributed by atoms with van der Waals surface area (Å²) in [4.78, 5) is 0. The summed E-state index contributed by atoms with van der Waals surface area (Å²) in [7, 11) is -0.502. The maximum Gasteiger partial charge on any atom is 0.414 e. The summed E-state index contributed by atoms with van der Waals surface area (Å²) in [5.74, 6) is 4.77. The fourth-order valence-electron chi connectivity index (χ4n) is 5.79. The monoisotopic (exact) mass is 776 g/mol. The van der Waals surface area contributed by atoms with Crippen LogP contribution in [-0.2, 0) is 0 Å². The van der Waals surface area contributed by atoms with Gasteiger partial charge >= 0.3 is 17.1 Å². The van der Waals surface area contributed by atoms with E-state index in [1.165, 1.54) is 0 Å². The summed E-state index contributed by atoms with van der Waals surface area (Å²) < 4.78 is 51.4. The van der Waals surface area contributed by atoms with Gasteiger partial charge < -0.3 is 37.0 Å². The summed E-state index contributed by atoms with van der Waals surface area (Å²) in [6.45, 7) is 0.995. The summed E-state index contributed by atoms with van der Waals surface area (Å²) in [5.41, 5.74) is 2.42. The van der Waals surface area contributed by atoms with E-state index in [9.17, 15) is 0 Å². The van der Waals surface area contributed by atoms with E-state index in [0.29, 0.717) is 81.7 Å². The first-order valence-electron chi connectivity index (χ1n) is 17.9. The number of anilines is 2. The number of ether oxygens (including phenoxy) is 4. The molecule has 0 aromatic heterocycles. The first kappa shape index (κ1) is 37.5. The van der Waals surface area contributed by atoms with E-state index in [4.69, 9.17) is 37.0 Å². The van der Waals surface area contributed by atoms with Gasteiger partial charge in [0.1, 0.15) is 46.0 Å². The van der Waals surface area contributed by atoms with Crippen LogP contribution in [0.4, 0.5) is 11.4 Å². The molecule has 0 aliphatic carbocycles. The predicted molar refractivity (Wildman–Crippen MR) is 219 cm³/mol. The molecule has 0 saturated heterocycles. The lowest BCUT2D eigenvalue weighted by Crippen LogP contribution is -2.11. The van der Waals surface area contributed by atoms with Crippen molar-refractivity contribution in [1.29, 1.82) is 0 Å². The van der Waals surface area contributed by atoms with Gasteiger partial charge in [0.2, 0.25) is 0 Å². The van der Waals surface area contributed by atoms with E-state index < -0.39 is 17.1 Å². The molecule has 12 heteroatoms. The van der Waals surface area contributed by atoms with Gasteiger partial charge in [0.05, 0.1) is 49.9 Å². The smallest absolute Gasteiger partial charge is 0.414 e. The fraction of sp³-hybridized carbons (Fsp3) is 0.163. The topological polar surface area (TPSA) is 97.9 Å². The normalized spacial score (nSPS) is 12.4. The minimum absolute atomic E-state index is 0.498. The molecule has 0 radical (unpaired) electrons. The molecule has 6 aromatic carbocycles. The Morgan fingerprint density at radius 2 is 0.745 bits per heavy atom. The van der Waals surface area contributed by atoms with E-state index in [1.807, 2.05) is 146 Å². The molecule has 1 aliphatic heterocycles. The summed E-state index contributed by atoms with van der Waals surface area (Å²) in [6.07, 6.45) is 2.64. The average Bonchev–Trinajstić information content (AvgIpc) is 3.26. The Labute approximate surface area is 324 Å². The van der Waals surface area contributed by atoms with Crippen LogP contribution < -0.4 is 47.2 Å². The molecule has 1 heterocycles. The van der Waals surface area contributed by atoms with Crippen molar-refractivity contribution in [3.05, 3.63) is 146 Å². The Morgan fingerprint density at radius 1 is 0.418 bits per heavy atom. The van der Waals surface area contributed by atoms with Crippen molar-refractivity contribution in [2.45, 2.75) is 19.3 Å². The maximum atomic E-state index is 6.61. The molecule has 282 valence electrons. The van der Waals surface area contributed by atoms with Gasteiger partial charge in [0.15, 0.2) is 0 Å². The molecule has 7 rings (SSSR count). The number of methoxy groups -OCH3 is 2. The number of para-hydroxylation sites is 4. The lowest BCUT2D eigenvalue weighted by Gasteiger charge is -2.27. The molecule has 55 heavy (non-hydrogen) atoms. The Morgan fingerprint density at radius 3 is 1.05 bits per heavy atom. The Kier molecular flexibility index (Phi) is 12.9. The van der Waals surface area contributed by atoms with Crippen LogP contribution in [0.25, 0.3) is 11.1 Å². The number of benzene rings is 6. The zero-order valence-electron chi connectivity index (χ0n) is 30.6. The summed E-state index contributed by atoms with van der Waals surface area (Å²) in [6, 6.07) is 45.7. The van der Waals surface area contributed by atoms with Crippen molar-refractivity contribution < 1.29 is 37.0 Å². The highest BCUT2D eigenvalue weighted by Gasteiger charge is 2.31. The molecule has 0 spiro atoms. The van der Waals surface area contributed by atoms with Crippen molar-refractivity contribution in [2.75, 3.05) is 37.6 Å².